The van der Waals surface area contributed by atoms with E-state index in [9.17, 15) is 9.59 Å². The molecule has 2 aliphatic heterocycles. The van der Waals surface area contributed by atoms with E-state index in [2.05, 4.69) is 0 Å². The van der Waals surface area contributed by atoms with Gasteiger partial charge in [0.25, 0.3) is 0 Å². The molecule has 0 aromatic rings. The molecule has 2 saturated heterocycles. The maximum absolute atomic E-state index is 12.8. The fraction of sp³-hybridized carbons (Fsp3) is 0.846. The summed E-state index contributed by atoms with van der Waals surface area (Å²) < 4.78 is 5.32. The van der Waals surface area contributed by atoms with Gasteiger partial charge in [-0.2, -0.15) is 0 Å². The van der Waals surface area contributed by atoms with Crippen molar-refractivity contribution in [2.24, 2.45) is 16.9 Å². The largest absolute Gasteiger partial charge is 0.381 e. The van der Waals surface area contributed by atoms with Gasteiger partial charge in [0.2, 0.25) is 11.8 Å². The van der Waals surface area contributed by atoms with Crippen molar-refractivity contribution in [2.75, 3.05) is 26.3 Å². The molecule has 0 aromatic heterocycles. The number of carbonyl (C=O) groups is 2. The second-order valence-corrected chi connectivity index (χ2v) is 5.51. The zero-order valence-electron chi connectivity index (χ0n) is 11.3. The molecule has 19 heavy (non-hydrogen) atoms. The maximum Gasteiger partial charge on any atom is 0.240 e. The van der Waals surface area contributed by atoms with Crippen molar-refractivity contribution in [3.8, 4) is 0 Å². The zero-order valence-corrected chi connectivity index (χ0v) is 11.3. The molecule has 1 atom stereocenters. The van der Waals surface area contributed by atoms with Gasteiger partial charge in [-0.25, -0.2) is 0 Å². The van der Waals surface area contributed by atoms with Crippen LogP contribution in [0.15, 0.2) is 0 Å². The maximum atomic E-state index is 12.8. The van der Waals surface area contributed by atoms with Crippen LogP contribution in [-0.4, -0.2) is 49.1 Å². The minimum atomic E-state index is -0.566. The van der Waals surface area contributed by atoms with Gasteiger partial charge < -0.3 is 21.1 Å². The highest BCUT2D eigenvalue weighted by Crippen LogP contribution is 2.33. The highest BCUT2D eigenvalue weighted by molar-refractivity contribution is 5.90. The number of ether oxygens (including phenoxy) is 1. The number of nitrogens with two attached hydrogens (primary N) is 2. The average Bonchev–Trinajstić information content (AvgIpc) is 2.47. The minimum Gasteiger partial charge on any atom is -0.381 e. The van der Waals surface area contributed by atoms with Gasteiger partial charge in [0.15, 0.2) is 0 Å². The standard InChI is InChI=1S/C13H23N3O3/c14-9-13(4-7-19-8-5-13)12(18)16-6-2-1-3-10(16)11(15)17/h10H,1-9,14H2,(H2,15,17). The van der Waals surface area contributed by atoms with Gasteiger partial charge in [-0.1, -0.05) is 0 Å². The van der Waals surface area contributed by atoms with Crippen LogP contribution >= 0.6 is 0 Å². The molecular weight excluding hydrogens is 246 g/mol. The first-order chi connectivity index (χ1) is 9.10. The molecule has 108 valence electrons. The van der Waals surface area contributed by atoms with Gasteiger partial charge in [-0.15, -0.1) is 0 Å². The second-order valence-electron chi connectivity index (χ2n) is 5.51. The normalized spacial score (nSPS) is 27.0. The first-order valence-corrected chi connectivity index (χ1v) is 6.99. The summed E-state index contributed by atoms with van der Waals surface area (Å²) in [6, 6.07) is -0.465. The van der Waals surface area contributed by atoms with Crippen LogP contribution in [0.1, 0.15) is 32.1 Å². The third-order valence-corrected chi connectivity index (χ3v) is 4.39. The summed E-state index contributed by atoms with van der Waals surface area (Å²) in [6.45, 7) is 2.02. The summed E-state index contributed by atoms with van der Waals surface area (Å²) in [7, 11) is 0. The van der Waals surface area contributed by atoms with E-state index in [0.29, 0.717) is 45.6 Å². The molecule has 1 unspecified atom stereocenters. The molecule has 2 heterocycles. The third kappa shape index (κ3) is 2.74. The Labute approximate surface area is 113 Å². The van der Waals surface area contributed by atoms with E-state index in [-0.39, 0.29) is 5.91 Å². The highest BCUT2D eigenvalue weighted by atomic mass is 16.5. The number of nitrogens with zero attached hydrogens (tertiary/aromatic N) is 1. The summed E-state index contributed by atoms with van der Waals surface area (Å²) >= 11 is 0. The van der Waals surface area contributed by atoms with Crippen LogP contribution in [0.25, 0.3) is 0 Å². The molecule has 2 amide bonds. The van der Waals surface area contributed by atoms with Crippen molar-refractivity contribution >= 4 is 11.8 Å². The van der Waals surface area contributed by atoms with Gasteiger partial charge in [0, 0.05) is 26.3 Å². The van der Waals surface area contributed by atoms with Crippen LogP contribution in [-0.2, 0) is 14.3 Å². The summed E-state index contributed by atoms with van der Waals surface area (Å²) in [5.74, 6) is -0.422. The molecule has 6 nitrogen and oxygen atoms in total. The summed E-state index contributed by atoms with van der Waals surface area (Å²) in [4.78, 5) is 26.0. The van der Waals surface area contributed by atoms with Crippen molar-refractivity contribution in [1.29, 1.82) is 0 Å². The van der Waals surface area contributed by atoms with E-state index < -0.39 is 17.4 Å². The van der Waals surface area contributed by atoms with Crippen LogP contribution < -0.4 is 11.5 Å². The molecule has 0 bridgehead atoms. The zero-order chi connectivity index (χ0) is 13.9. The van der Waals surface area contributed by atoms with Gasteiger partial charge >= 0.3 is 0 Å². The Morgan fingerprint density at radius 2 is 1.95 bits per heavy atom. The molecule has 2 rings (SSSR count). The van der Waals surface area contributed by atoms with E-state index in [0.717, 1.165) is 12.8 Å². The second kappa shape index (κ2) is 5.88. The third-order valence-electron chi connectivity index (χ3n) is 4.39. The van der Waals surface area contributed by atoms with E-state index in [4.69, 9.17) is 16.2 Å². The van der Waals surface area contributed by atoms with Crippen molar-refractivity contribution < 1.29 is 14.3 Å². The molecular formula is C13H23N3O3. The molecule has 0 aliphatic carbocycles. The fourth-order valence-corrected chi connectivity index (χ4v) is 3.04. The Balaban J connectivity index is 2.17. The van der Waals surface area contributed by atoms with Crippen LogP contribution in [0.4, 0.5) is 0 Å². The van der Waals surface area contributed by atoms with Crippen LogP contribution in [0.3, 0.4) is 0 Å². The lowest BCUT2D eigenvalue weighted by atomic mass is 9.78. The number of likely N-dealkylation sites (tertiary alicyclic amines) is 1. The van der Waals surface area contributed by atoms with Gasteiger partial charge in [-0.3, -0.25) is 9.59 Å². The molecule has 0 saturated carbocycles. The van der Waals surface area contributed by atoms with Crippen LogP contribution in [0.2, 0.25) is 0 Å². The van der Waals surface area contributed by atoms with Gasteiger partial charge in [0.1, 0.15) is 6.04 Å². The monoisotopic (exact) mass is 269 g/mol. The Bertz CT molecular complexity index is 353. The number of rotatable bonds is 3. The van der Waals surface area contributed by atoms with E-state index in [1.165, 1.54) is 0 Å². The number of piperidine rings is 1. The summed E-state index contributed by atoms with van der Waals surface area (Å²) in [6.07, 6.45) is 3.79. The molecule has 0 spiro atoms. The van der Waals surface area contributed by atoms with Crippen LogP contribution in [0, 0.1) is 5.41 Å². The highest BCUT2D eigenvalue weighted by Gasteiger charge is 2.44. The van der Waals surface area contributed by atoms with E-state index in [1.54, 1.807) is 4.90 Å². The van der Waals surface area contributed by atoms with Crippen molar-refractivity contribution in [2.45, 2.75) is 38.1 Å². The number of carbonyl (C=O) groups excluding carboxylic acids is 2. The number of hydrogen-bond donors (Lipinski definition) is 2. The molecule has 4 N–H and O–H groups in total. The van der Waals surface area contributed by atoms with Gasteiger partial charge in [0.05, 0.1) is 5.41 Å². The Hall–Kier alpha value is -1.14. The molecule has 2 fully saturated rings. The smallest absolute Gasteiger partial charge is 0.240 e. The lowest BCUT2D eigenvalue weighted by Gasteiger charge is -2.42. The SMILES string of the molecule is NCC1(C(=O)N2CCCCC2C(N)=O)CCOCC1. The molecule has 0 radical (unpaired) electrons. The predicted octanol–water partition coefficient (Wildman–Crippen LogP) is -0.392. The fourth-order valence-electron chi connectivity index (χ4n) is 3.04. The lowest BCUT2D eigenvalue weighted by molar-refractivity contribution is -0.154. The van der Waals surface area contributed by atoms with E-state index >= 15 is 0 Å². The van der Waals surface area contributed by atoms with Gasteiger partial charge in [-0.05, 0) is 32.1 Å². The Kier molecular flexibility index (Phi) is 4.42. The first-order valence-electron chi connectivity index (χ1n) is 6.99. The van der Waals surface area contributed by atoms with Crippen molar-refractivity contribution in [3.05, 3.63) is 0 Å². The number of hydrogen-bond acceptors (Lipinski definition) is 4. The molecule has 2 aliphatic rings. The van der Waals surface area contributed by atoms with Crippen molar-refractivity contribution in [3.63, 3.8) is 0 Å². The van der Waals surface area contributed by atoms with Crippen LogP contribution in [0.5, 0.6) is 0 Å². The molecule has 0 aromatic carbocycles. The average molecular weight is 269 g/mol. The summed E-state index contributed by atoms with van der Waals surface area (Å²) in [5, 5.41) is 0. The quantitative estimate of drug-likeness (QED) is 0.729. The predicted molar refractivity (Wildman–Crippen MR) is 70.1 cm³/mol. The topological polar surface area (TPSA) is 98.7 Å². The number of amides is 2. The Morgan fingerprint density at radius 1 is 1.26 bits per heavy atom. The summed E-state index contributed by atoms with van der Waals surface area (Å²) in [5.41, 5.74) is 10.7. The Morgan fingerprint density at radius 3 is 2.53 bits per heavy atom. The lowest BCUT2D eigenvalue weighted by Crippen LogP contribution is -2.58. The van der Waals surface area contributed by atoms with Crippen molar-refractivity contribution in [1.82, 2.24) is 4.90 Å². The van der Waals surface area contributed by atoms with E-state index in [1.807, 2.05) is 0 Å². The molecule has 6 heteroatoms. The minimum absolute atomic E-state index is 0.0122. The first kappa shape index (κ1) is 14.3. The number of primary amides is 1.